The number of nitrogens with one attached hydrogen (secondary N) is 1. The van der Waals surface area contributed by atoms with Gasteiger partial charge < -0.3 is 10.2 Å². The molecule has 0 saturated carbocycles. The number of hydrogen-bond acceptors (Lipinski definition) is 8. The van der Waals surface area contributed by atoms with Crippen molar-refractivity contribution in [2.45, 2.75) is 19.8 Å². The third-order valence-corrected chi connectivity index (χ3v) is 7.53. The predicted molar refractivity (Wildman–Crippen MR) is 145 cm³/mol. The van der Waals surface area contributed by atoms with Gasteiger partial charge in [-0.2, -0.15) is 0 Å². The Bertz CT molecular complexity index is 1540. The van der Waals surface area contributed by atoms with Crippen LogP contribution in [0.1, 0.15) is 25.3 Å². The maximum Gasteiger partial charge on any atom is 0.163 e. The van der Waals surface area contributed by atoms with Gasteiger partial charge in [0.05, 0.1) is 10.8 Å². The zero-order valence-corrected chi connectivity index (χ0v) is 21.9. The van der Waals surface area contributed by atoms with E-state index in [9.17, 15) is 8.42 Å². The molecule has 0 atom stereocenters. The number of pyridine rings is 2. The third-order valence-electron chi connectivity index (χ3n) is 6.24. The second-order valence-corrected chi connectivity index (χ2v) is 12.2. The molecule has 0 amide bonds. The van der Waals surface area contributed by atoms with Crippen LogP contribution in [-0.2, 0) is 9.84 Å². The van der Waals surface area contributed by atoms with Gasteiger partial charge in [-0.3, -0.25) is 4.98 Å². The highest BCUT2D eigenvalue weighted by atomic mass is 35.5. The molecular weight excluding hydrogens is 496 g/mol. The van der Waals surface area contributed by atoms with Crippen LogP contribution >= 0.6 is 11.6 Å². The highest BCUT2D eigenvalue weighted by molar-refractivity contribution is 7.90. The van der Waals surface area contributed by atoms with Gasteiger partial charge in [0.25, 0.3) is 0 Å². The number of nitrogens with zero attached hydrogens (tertiary/aromatic N) is 5. The van der Waals surface area contributed by atoms with Crippen molar-refractivity contribution in [2.75, 3.05) is 35.3 Å². The number of sulfone groups is 1. The van der Waals surface area contributed by atoms with Gasteiger partial charge in [0.15, 0.2) is 5.82 Å². The largest absolute Gasteiger partial charge is 0.370 e. The molecule has 4 aromatic rings. The van der Waals surface area contributed by atoms with E-state index >= 15 is 0 Å². The lowest BCUT2D eigenvalue weighted by molar-refractivity contribution is 0.445. The summed E-state index contributed by atoms with van der Waals surface area (Å²) in [4.78, 5) is 20.0. The number of fused-ring (bicyclic) bond motifs is 1. The van der Waals surface area contributed by atoms with Crippen LogP contribution in [-0.4, -0.2) is 53.5 Å². The molecule has 0 spiro atoms. The van der Waals surface area contributed by atoms with E-state index in [1.165, 1.54) is 11.8 Å². The van der Waals surface area contributed by atoms with E-state index in [0.717, 1.165) is 35.1 Å². The smallest absolute Gasteiger partial charge is 0.163 e. The molecule has 1 aliphatic rings. The molecule has 1 saturated heterocycles. The molecule has 36 heavy (non-hydrogen) atoms. The zero-order chi connectivity index (χ0) is 25.4. The molecule has 0 aliphatic carbocycles. The van der Waals surface area contributed by atoms with Crippen molar-refractivity contribution in [2.24, 2.45) is 5.92 Å². The Morgan fingerprint density at radius 2 is 1.86 bits per heavy atom. The summed E-state index contributed by atoms with van der Waals surface area (Å²) in [6.45, 7) is 5.80. The molecule has 186 valence electrons. The van der Waals surface area contributed by atoms with E-state index < -0.39 is 9.84 Å². The molecule has 1 aromatic carbocycles. The first-order valence-corrected chi connectivity index (χ1v) is 14.2. The van der Waals surface area contributed by atoms with Crippen LogP contribution in [0.4, 0.5) is 17.3 Å². The van der Waals surface area contributed by atoms with E-state index in [1.807, 2.05) is 12.3 Å². The molecule has 0 radical (unpaired) electrons. The molecule has 1 fully saturated rings. The molecule has 0 unspecified atom stereocenters. The van der Waals surface area contributed by atoms with Crippen LogP contribution in [0.3, 0.4) is 0 Å². The van der Waals surface area contributed by atoms with E-state index in [1.54, 1.807) is 30.7 Å². The van der Waals surface area contributed by atoms with E-state index in [0.29, 0.717) is 28.4 Å². The minimum Gasteiger partial charge on any atom is -0.370 e. The fourth-order valence-corrected chi connectivity index (χ4v) is 5.87. The van der Waals surface area contributed by atoms with E-state index in [-0.39, 0.29) is 11.7 Å². The Morgan fingerprint density at radius 1 is 1.06 bits per heavy atom. The van der Waals surface area contributed by atoms with Gasteiger partial charge in [0.2, 0.25) is 0 Å². The van der Waals surface area contributed by atoms with Crippen LogP contribution < -0.4 is 10.2 Å². The van der Waals surface area contributed by atoms with Crippen LogP contribution in [0.25, 0.3) is 22.2 Å². The number of halogens is 1. The van der Waals surface area contributed by atoms with Crippen molar-refractivity contribution in [3.8, 4) is 11.4 Å². The highest BCUT2D eigenvalue weighted by Crippen LogP contribution is 2.37. The number of anilines is 3. The molecule has 0 bridgehead atoms. The lowest BCUT2D eigenvalue weighted by Gasteiger charge is -2.41. The van der Waals surface area contributed by atoms with E-state index in [2.05, 4.69) is 56.1 Å². The SMILES string of the molecule is CC(C)c1ccc(N2CC(CS(C)(=O)=O)C2)c2cnc(Nc3ccnc(-c4cncc(Cl)c4)n3)cc12. The van der Waals surface area contributed by atoms with E-state index in [4.69, 9.17) is 11.6 Å². The first kappa shape index (κ1) is 24.4. The Kier molecular flexibility index (Phi) is 6.53. The molecule has 1 aliphatic heterocycles. The number of benzene rings is 1. The standard InChI is InChI=1S/C26H27ClN6O2S/c1-16(2)20-4-5-23(33-13-17(14-33)15-36(3,34)35)22-12-30-25(9-21(20)22)31-24-6-7-29-26(32-24)18-8-19(27)11-28-10-18/h4-12,16-17H,13-15H2,1-3H3,(H,29,30,31,32). The van der Waals surface area contributed by atoms with Gasteiger partial charge in [-0.25, -0.2) is 23.4 Å². The molecule has 5 rings (SSSR count). The number of hydrogen-bond donors (Lipinski definition) is 1. The summed E-state index contributed by atoms with van der Waals surface area (Å²) < 4.78 is 23.3. The Hall–Kier alpha value is -3.30. The highest BCUT2D eigenvalue weighted by Gasteiger charge is 2.31. The fourth-order valence-electron chi connectivity index (χ4n) is 4.63. The lowest BCUT2D eigenvalue weighted by Crippen LogP contribution is -2.49. The average molecular weight is 523 g/mol. The quantitative estimate of drug-likeness (QED) is 0.358. The predicted octanol–water partition coefficient (Wildman–Crippen LogP) is 5.09. The first-order chi connectivity index (χ1) is 17.2. The minimum absolute atomic E-state index is 0.162. The normalized spacial score (nSPS) is 14.3. The lowest BCUT2D eigenvalue weighted by atomic mass is 9.93. The topological polar surface area (TPSA) is 101 Å². The summed E-state index contributed by atoms with van der Waals surface area (Å²) in [6, 6.07) is 9.89. The Labute approximate surface area is 215 Å². The molecule has 8 nitrogen and oxygen atoms in total. The van der Waals surface area contributed by atoms with Crippen molar-refractivity contribution in [3.05, 3.63) is 65.7 Å². The summed E-state index contributed by atoms with van der Waals surface area (Å²) in [5.41, 5.74) is 3.03. The maximum atomic E-state index is 11.7. The maximum absolute atomic E-state index is 11.7. The van der Waals surface area contributed by atoms with Crippen LogP contribution in [0.15, 0.2) is 55.1 Å². The summed E-state index contributed by atoms with van der Waals surface area (Å²) in [7, 11) is -2.98. The van der Waals surface area contributed by atoms with Gasteiger partial charge in [0, 0.05) is 66.7 Å². The minimum atomic E-state index is -2.98. The molecule has 1 N–H and O–H groups in total. The summed E-state index contributed by atoms with van der Waals surface area (Å²) in [5, 5.41) is 5.99. The van der Waals surface area contributed by atoms with Crippen LogP contribution in [0, 0.1) is 5.92 Å². The van der Waals surface area contributed by atoms with Crippen molar-refractivity contribution in [1.82, 2.24) is 19.9 Å². The van der Waals surface area contributed by atoms with Crippen LogP contribution in [0.5, 0.6) is 0 Å². The van der Waals surface area contributed by atoms with Crippen molar-refractivity contribution in [1.29, 1.82) is 0 Å². The number of rotatable bonds is 7. The average Bonchev–Trinajstić information content (AvgIpc) is 2.80. The second-order valence-electron chi connectivity index (χ2n) is 9.59. The van der Waals surface area contributed by atoms with Crippen molar-refractivity contribution < 1.29 is 8.42 Å². The summed E-state index contributed by atoms with van der Waals surface area (Å²) in [5.74, 6) is 2.52. The van der Waals surface area contributed by atoms with Crippen molar-refractivity contribution in [3.63, 3.8) is 0 Å². The number of aromatic nitrogens is 4. The fraction of sp³-hybridized carbons (Fsp3) is 0.308. The Morgan fingerprint density at radius 3 is 2.58 bits per heavy atom. The van der Waals surface area contributed by atoms with Gasteiger partial charge in [0.1, 0.15) is 21.5 Å². The Balaban J connectivity index is 1.44. The summed E-state index contributed by atoms with van der Waals surface area (Å²) in [6.07, 6.45) is 8.10. The monoisotopic (exact) mass is 522 g/mol. The summed E-state index contributed by atoms with van der Waals surface area (Å²) >= 11 is 6.07. The van der Waals surface area contributed by atoms with Gasteiger partial charge in [-0.15, -0.1) is 0 Å². The van der Waals surface area contributed by atoms with Crippen LogP contribution in [0.2, 0.25) is 5.02 Å². The van der Waals surface area contributed by atoms with Gasteiger partial charge in [-0.05, 0) is 41.1 Å². The van der Waals surface area contributed by atoms with Crippen molar-refractivity contribution >= 4 is 49.5 Å². The molecule has 3 aromatic heterocycles. The molecule has 10 heteroatoms. The van der Waals surface area contributed by atoms with Gasteiger partial charge in [-0.1, -0.05) is 31.5 Å². The second kappa shape index (κ2) is 9.63. The van der Waals surface area contributed by atoms with Gasteiger partial charge >= 0.3 is 0 Å². The third kappa shape index (κ3) is 5.27. The zero-order valence-electron chi connectivity index (χ0n) is 20.3. The first-order valence-electron chi connectivity index (χ1n) is 11.7. The molecule has 4 heterocycles. The molecular formula is C26H27ClN6O2S.